The van der Waals surface area contributed by atoms with Crippen molar-refractivity contribution in [3.05, 3.63) is 57.3 Å². The lowest BCUT2D eigenvalue weighted by atomic mass is 10.2. The lowest BCUT2D eigenvalue weighted by Gasteiger charge is -2.08. The first-order chi connectivity index (χ1) is 9.24. The van der Waals surface area contributed by atoms with Crippen LogP contribution in [0.25, 0.3) is 10.8 Å². The fourth-order valence-electron chi connectivity index (χ4n) is 1.83. The Bertz CT molecular complexity index is 728. The minimum absolute atomic E-state index is 0.420. The third kappa shape index (κ3) is 2.64. The first-order valence-corrected chi connectivity index (χ1v) is 7.13. The van der Waals surface area contributed by atoms with Gasteiger partial charge in [-0.1, -0.05) is 35.9 Å². The first-order valence-electron chi connectivity index (χ1n) is 5.67. The van der Waals surface area contributed by atoms with Crippen LogP contribution in [-0.4, -0.2) is 10.2 Å². The average molecular weight is 382 g/mol. The molecule has 1 N–H and O–H groups in total. The van der Waals surface area contributed by atoms with Crippen molar-refractivity contribution in [2.75, 3.05) is 5.32 Å². The Morgan fingerprint density at radius 1 is 0.895 bits per heavy atom. The second-order valence-electron chi connectivity index (χ2n) is 4.02. The molecule has 0 aliphatic carbocycles. The topological polar surface area (TPSA) is 37.8 Å². The number of rotatable bonds is 2. The van der Waals surface area contributed by atoms with E-state index in [4.69, 9.17) is 11.6 Å². The summed E-state index contributed by atoms with van der Waals surface area (Å²) in [5.74, 6) is 0.709. The molecule has 0 saturated heterocycles. The summed E-state index contributed by atoms with van der Waals surface area (Å²) < 4.78 is 1.19. The van der Waals surface area contributed by atoms with Gasteiger partial charge in [0.2, 0.25) is 0 Å². The van der Waals surface area contributed by atoms with Crippen LogP contribution in [0.15, 0.2) is 48.5 Å². The Kier molecular flexibility index (Phi) is 3.52. The molecule has 0 fully saturated rings. The van der Waals surface area contributed by atoms with E-state index in [-0.39, 0.29) is 0 Å². The molecule has 0 spiro atoms. The average Bonchev–Trinajstić information content (AvgIpc) is 2.45. The van der Waals surface area contributed by atoms with Gasteiger partial charge in [-0.2, -0.15) is 0 Å². The lowest BCUT2D eigenvalue weighted by Crippen LogP contribution is -1.97. The summed E-state index contributed by atoms with van der Waals surface area (Å²) >= 11 is 8.32. The predicted molar refractivity (Wildman–Crippen MR) is 87.0 cm³/mol. The number of hydrogen-bond acceptors (Lipinski definition) is 3. The van der Waals surface area contributed by atoms with E-state index in [0.29, 0.717) is 11.0 Å². The van der Waals surface area contributed by atoms with Gasteiger partial charge in [0.05, 0.1) is 0 Å². The summed E-state index contributed by atoms with van der Waals surface area (Å²) in [6.45, 7) is 0. The van der Waals surface area contributed by atoms with E-state index in [1.807, 2.05) is 48.5 Å². The molecule has 3 aromatic rings. The van der Waals surface area contributed by atoms with Gasteiger partial charge < -0.3 is 5.32 Å². The van der Waals surface area contributed by atoms with Gasteiger partial charge in [-0.05, 0) is 46.9 Å². The van der Waals surface area contributed by atoms with E-state index in [2.05, 4.69) is 38.1 Å². The highest BCUT2D eigenvalue weighted by Crippen LogP contribution is 2.27. The minimum atomic E-state index is 0.420. The molecule has 0 aliphatic rings. The molecule has 3 rings (SSSR count). The standard InChI is InChI=1S/C14H9ClIN3/c15-13-11-3-1-2-4-12(11)14(19-18-13)17-10-7-5-9(16)6-8-10/h1-8H,(H,17,19). The molecular weight excluding hydrogens is 373 g/mol. The van der Waals surface area contributed by atoms with E-state index in [9.17, 15) is 0 Å². The summed E-state index contributed by atoms with van der Waals surface area (Å²) in [5.41, 5.74) is 0.974. The van der Waals surface area contributed by atoms with Crippen molar-refractivity contribution >= 4 is 56.5 Å². The van der Waals surface area contributed by atoms with Crippen molar-refractivity contribution in [1.82, 2.24) is 10.2 Å². The van der Waals surface area contributed by atoms with E-state index >= 15 is 0 Å². The number of nitrogens with zero attached hydrogens (tertiary/aromatic N) is 2. The zero-order chi connectivity index (χ0) is 13.2. The highest BCUT2D eigenvalue weighted by atomic mass is 127. The predicted octanol–water partition coefficient (Wildman–Crippen LogP) is 4.63. The molecule has 1 heterocycles. The van der Waals surface area contributed by atoms with Crippen LogP contribution in [0.1, 0.15) is 0 Å². The van der Waals surface area contributed by atoms with Gasteiger partial charge in [-0.3, -0.25) is 0 Å². The van der Waals surface area contributed by atoms with Crippen LogP contribution in [0.2, 0.25) is 5.15 Å². The number of halogens is 2. The van der Waals surface area contributed by atoms with Crippen LogP contribution in [0.5, 0.6) is 0 Å². The molecular formula is C14H9ClIN3. The molecule has 2 aromatic carbocycles. The summed E-state index contributed by atoms with van der Waals surface area (Å²) in [6, 6.07) is 15.9. The normalized spacial score (nSPS) is 10.6. The van der Waals surface area contributed by atoms with Gasteiger partial charge in [-0.25, -0.2) is 0 Å². The van der Waals surface area contributed by atoms with Crippen LogP contribution >= 0.6 is 34.2 Å². The van der Waals surface area contributed by atoms with Gasteiger partial charge >= 0.3 is 0 Å². The largest absolute Gasteiger partial charge is 0.338 e. The molecule has 5 heteroatoms. The van der Waals surface area contributed by atoms with E-state index in [1.54, 1.807) is 0 Å². The Morgan fingerprint density at radius 3 is 2.32 bits per heavy atom. The molecule has 0 unspecified atom stereocenters. The maximum atomic E-state index is 6.05. The zero-order valence-electron chi connectivity index (χ0n) is 9.77. The summed E-state index contributed by atoms with van der Waals surface area (Å²) in [7, 11) is 0. The molecule has 1 aromatic heterocycles. The molecule has 0 aliphatic heterocycles. The number of aromatic nitrogens is 2. The number of nitrogens with one attached hydrogen (secondary N) is 1. The molecule has 19 heavy (non-hydrogen) atoms. The summed E-state index contributed by atoms with van der Waals surface area (Å²) in [4.78, 5) is 0. The molecule has 94 valence electrons. The zero-order valence-corrected chi connectivity index (χ0v) is 12.7. The third-order valence-corrected chi connectivity index (χ3v) is 3.75. The molecule has 0 saturated carbocycles. The number of anilines is 2. The van der Waals surface area contributed by atoms with Gasteiger partial charge in [0, 0.05) is 20.0 Å². The summed E-state index contributed by atoms with van der Waals surface area (Å²) in [6.07, 6.45) is 0. The van der Waals surface area contributed by atoms with Gasteiger partial charge in [0.1, 0.15) is 0 Å². The smallest absolute Gasteiger partial charge is 0.161 e. The van der Waals surface area contributed by atoms with Crippen molar-refractivity contribution in [2.45, 2.75) is 0 Å². The van der Waals surface area contributed by atoms with E-state index in [0.717, 1.165) is 16.5 Å². The lowest BCUT2D eigenvalue weighted by molar-refractivity contribution is 1.05. The van der Waals surface area contributed by atoms with Crippen LogP contribution < -0.4 is 5.32 Å². The molecule has 0 amide bonds. The monoisotopic (exact) mass is 381 g/mol. The molecule has 3 nitrogen and oxygen atoms in total. The van der Waals surface area contributed by atoms with Crippen molar-refractivity contribution in [1.29, 1.82) is 0 Å². The van der Waals surface area contributed by atoms with Crippen LogP contribution in [0.4, 0.5) is 11.5 Å². The third-order valence-electron chi connectivity index (χ3n) is 2.75. The Hall–Kier alpha value is -1.40. The number of fused-ring (bicyclic) bond motifs is 1. The SMILES string of the molecule is Clc1nnc(Nc2ccc(I)cc2)c2ccccc12. The molecule has 0 radical (unpaired) electrons. The Morgan fingerprint density at radius 2 is 1.58 bits per heavy atom. The molecule has 0 atom stereocenters. The van der Waals surface area contributed by atoms with Crippen molar-refractivity contribution < 1.29 is 0 Å². The summed E-state index contributed by atoms with van der Waals surface area (Å²) in [5, 5.41) is 13.6. The van der Waals surface area contributed by atoms with Crippen LogP contribution in [0.3, 0.4) is 0 Å². The fourth-order valence-corrected chi connectivity index (χ4v) is 2.40. The maximum Gasteiger partial charge on any atom is 0.161 e. The quantitative estimate of drug-likeness (QED) is 0.658. The van der Waals surface area contributed by atoms with Gasteiger partial charge in [0.15, 0.2) is 11.0 Å². The van der Waals surface area contributed by atoms with Gasteiger partial charge in [0.25, 0.3) is 0 Å². The second kappa shape index (κ2) is 5.30. The number of benzene rings is 2. The number of hydrogen-bond donors (Lipinski definition) is 1. The van der Waals surface area contributed by atoms with Crippen LogP contribution in [0, 0.1) is 3.57 Å². The molecule has 0 bridgehead atoms. The maximum absolute atomic E-state index is 6.05. The second-order valence-corrected chi connectivity index (χ2v) is 5.62. The Labute approximate surface area is 129 Å². The fraction of sp³-hybridized carbons (Fsp3) is 0. The van der Waals surface area contributed by atoms with E-state index < -0.39 is 0 Å². The van der Waals surface area contributed by atoms with Crippen molar-refractivity contribution in [3.63, 3.8) is 0 Å². The van der Waals surface area contributed by atoms with Crippen molar-refractivity contribution in [3.8, 4) is 0 Å². The first kappa shape index (κ1) is 12.6. The van der Waals surface area contributed by atoms with E-state index in [1.165, 1.54) is 3.57 Å². The van der Waals surface area contributed by atoms with Crippen molar-refractivity contribution in [2.24, 2.45) is 0 Å². The minimum Gasteiger partial charge on any atom is -0.338 e. The Balaban J connectivity index is 2.06. The van der Waals surface area contributed by atoms with Crippen LogP contribution in [-0.2, 0) is 0 Å². The highest BCUT2D eigenvalue weighted by Gasteiger charge is 2.07. The van der Waals surface area contributed by atoms with Gasteiger partial charge in [-0.15, -0.1) is 10.2 Å². The highest BCUT2D eigenvalue weighted by molar-refractivity contribution is 14.1.